The Hall–Kier alpha value is -1.13. The van der Waals surface area contributed by atoms with E-state index in [1.807, 2.05) is 6.92 Å². The van der Waals surface area contributed by atoms with Crippen molar-refractivity contribution >= 4 is 19.2 Å². The monoisotopic (exact) mass is 306 g/mol. The molecule has 1 saturated heterocycles. The Bertz CT molecular complexity index is 476. The molecule has 1 aromatic carbocycles. The van der Waals surface area contributed by atoms with E-state index < -0.39 is 8.07 Å². The SMILES string of the molecule is CCOC(=O)[C@@H]1COCC[C@@H]1c1ccc([Si](C)(C)C)cc1. The largest absolute Gasteiger partial charge is 0.466 e. The van der Waals surface area contributed by atoms with Crippen molar-refractivity contribution in [3.05, 3.63) is 29.8 Å². The second kappa shape index (κ2) is 6.75. The van der Waals surface area contributed by atoms with Crippen LogP contribution in [-0.2, 0) is 14.3 Å². The highest BCUT2D eigenvalue weighted by Crippen LogP contribution is 2.32. The second-order valence-corrected chi connectivity index (χ2v) is 11.8. The minimum atomic E-state index is -1.27. The molecule has 0 amide bonds. The van der Waals surface area contributed by atoms with Crippen LogP contribution in [0, 0.1) is 5.92 Å². The summed E-state index contributed by atoms with van der Waals surface area (Å²) in [4.78, 5) is 12.1. The van der Waals surface area contributed by atoms with E-state index in [9.17, 15) is 4.79 Å². The molecule has 0 unspecified atom stereocenters. The highest BCUT2D eigenvalue weighted by Gasteiger charge is 2.34. The molecule has 0 aliphatic carbocycles. The molecule has 0 spiro atoms. The number of esters is 1. The average Bonchev–Trinajstić information content (AvgIpc) is 2.47. The Morgan fingerprint density at radius 3 is 2.52 bits per heavy atom. The van der Waals surface area contributed by atoms with Gasteiger partial charge in [-0.3, -0.25) is 4.79 Å². The quantitative estimate of drug-likeness (QED) is 0.634. The van der Waals surface area contributed by atoms with Crippen molar-refractivity contribution < 1.29 is 14.3 Å². The Morgan fingerprint density at radius 1 is 1.29 bits per heavy atom. The van der Waals surface area contributed by atoms with Crippen molar-refractivity contribution in [2.24, 2.45) is 5.92 Å². The van der Waals surface area contributed by atoms with E-state index in [2.05, 4.69) is 43.9 Å². The predicted molar refractivity (Wildman–Crippen MR) is 87.7 cm³/mol. The van der Waals surface area contributed by atoms with Crippen LogP contribution in [0.4, 0.5) is 0 Å². The number of hydrogen-bond acceptors (Lipinski definition) is 3. The van der Waals surface area contributed by atoms with Gasteiger partial charge in [-0.15, -0.1) is 0 Å². The van der Waals surface area contributed by atoms with E-state index >= 15 is 0 Å². The normalized spacial score (nSPS) is 22.9. The zero-order valence-corrected chi connectivity index (χ0v) is 14.5. The van der Waals surface area contributed by atoms with Gasteiger partial charge in [0, 0.05) is 12.5 Å². The van der Waals surface area contributed by atoms with Crippen LogP contribution in [0.25, 0.3) is 0 Å². The van der Waals surface area contributed by atoms with Gasteiger partial charge in [-0.25, -0.2) is 0 Å². The van der Waals surface area contributed by atoms with Crippen molar-refractivity contribution in [1.82, 2.24) is 0 Å². The first-order valence-electron chi connectivity index (χ1n) is 7.78. The molecule has 0 saturated carbocycles. The van der Waals surface area contributed by atoms with Crippen LogP contribution >= 0.6 is 0 Å². The molecule has 4 heteroatoms. The van der Waals surface area contributed by atoms with E-state index in [4.69, 9.17) is 9.47 Å². The lowest BCUT2D eigenvalue weighted by atomic mass is 9.83. The van der Waals surface area contributed by atoms with E-state index in [1.165, 1.54) is 10.8 Å². The first-order chi connectivity index (χ1) is 9.93. The second-order valence-electron chi connectivity index (χ2n) is 6.70. The van der Waals surface area contributed by atoms with Crippen molar-refractivity contribution in [2.75, 3.05) is 19.8 Å². The van der Waals surface area contributed by atoms with Crippen LogP contribution in [0.3, 0.4) is 0 Å². The standard InChI is InChI=1S/C17H26O3Si/c1-5-20-17(18)16-12-19-11-10-15(16)13-6-8-14(9-7-13)21(2,3)4/h6-9,15-16H,5,10-12H2,1-4H3/t15-,16-/m1/s1. The Labute approximate surface area is 128 Å². The van der Waals surface area contributed by atoms with Crippen LogP contribution in [0.2, 0.25) is 19.6 Å². The molecule has 0 aromatic heterocycles. The molecule has 1 aliphatic rings. The van der Waals surface area contributed by atoms with Gasteiger partial charge in [-0.1, -0.05) is 49.1 Å². The summed E-state index contributed by atoms with van der Waals surface area (Å²) in [5, 5.41) is 1.45. The molecule has 116 valence electrons. The molecule has 1 heterocycles. The summed E-state index contributed by atoms with van der Waals surface area (Å²) in [6, 6.07) is 8.85. The van der Waals surface area contributed by atoms with Gasteiger partial charge in [0.2, 0.25) is 0 Å². The molecular weight excluding hydrogens is 280 g/mol. The Balaban J connectivity index is 2.19. The van der Waals surface area contributed by atoms with Gasteiger partial charge < -0.3 is 9.47 Å². The van der Waals surface area contributed by atoms with Crippen LogP contribution in [0.5, 0.6) is 0 Å². The van der Waals surface area contributed by atoms with Crippen molar-refractivity contribution in [1.29, 1.82) is 0 Å². The highest BCUT2D eigenvalue weighted by molar-refractivity contribution is 6.88. The summed E-state index contributed by atoms with van der Waals surface area (Å²) in [7, 11) is -1.27. The molecule has 0 radical (unpaired) electrons. The summed E-state index contributed by atoms with van der Waals surface area (Å²) >= 11 is 0. The minimum absolute atomic E-state index is 0.128. The lowest BCUT2D eigenvalue weighted by molar-refractivity contribution is -0.153. The fourth-order valence-corrected chi connectivity index (χ4v) is 4.02. The maximum absolute atomic E-state index is 12.1. The molecule has 21 heavy (non-hydrogen) atoms. The van der Waals surface area contributed by atoms with Gasteiger partial charge in [-0.05, 0) is 18.9 Å². The van der Waals surface area contributed by atoms with E-state index in [-0.39, 0.29) is 17.8 Å². The van der Waals surface area contributed by atoms with E-state index in [1.54, 1.807) is 0 Å². The fourth-order valence-electron chi connectivity index (χ4n) is 2.85. The number of ether oxygens (including phenoxy) is 2. The van der Waals surface area contributed by atoms with Crippen LogP contribution in [-0.4, -0.2) is 33.9 Å². The third-order valence-electron chi connectivity index (χ3n) is 4.15. The van der Waals surface area contributed by atoms with Gasteiger partial charge in [0.25, 0.3) is 0 Å². The summed E-state index contributed by atoms with van der Waals surface area (Å²) in [5.41, 5.74) is 1.23. The minimum Gasteiger partial charge on any atom is -0.466 e. The molecule has 2 atom stereocenters. The predicted octanol–water partition coefficient (Wildman–Crippen LogP) is 2.92. The van der Waals surface area contributed by atoms with Crippen molar-refractivity contribution in [3.8, 4) is 0 Å². The third-order valence-corrected chi connectivity index (χ3v) is 6.22. The maximum atomic E-state index is 12.1. The molecule has 1 fully saturated rings. The Kier molecular flexibility index (Phi) is 5.22. The summed E-state index contributed by atoms with van der Waals surface area (Å²) in [6.07, 6.45) is 0.885. The summed E-state index contributed by atoms with van der Waals surface area (Å²) < 4.78 is 10.7. The lowest BCUT2D eigenvalue weighted by Crippen LogP contribution is -2.38. The number of benzene rings is 1. The van der Waals surface area contributed by atoms with E-state index in [0.717, 1.165) is 13.0 Å². The first-order valence-corrected chi connectivity index (χ1v) is 11.3. The molecule has 0 N–H and O–H groups in total. The zero-order chi connectivity index (χ0) is 15.5. The lowest BCUT2D eigenvalue weighted by Gasteiger charge is -2.30. The highest BCUT2D eigenvalue weighted by atomic mass is 28.3. The molecule has 2 rings (SSSR count). The van der Waals surface area contributed by atoms with E-state index in [0.29, 0.717) is 13.2 Å². The molecule has 1 aromatic rings. The first kappa shape index (κ1) is 16.2. The molecule has 0 bridgehead atoms. The third kappa shape index (κ3) is 3.95. The molecule has 1 aliphatic heterocycles. The van der Waals surface area contributed by atoms with Crippen molar-refractivity contribution in [2.45, 2.75) is 38.9 Å². The number of carbonyl (C=O) groups excluding carboxylic acids is 1. The summed E-state index contributed by atoms with van der Waals surface area (Å²) in [5.74, 6) is -0.0820. The van der Waals surface area contributed by atoms with Gasteiger partial charge >= 0.3 is 5.97 Å². The van der Waals surface area contributed by atoms with Gasteiger partial charge in [0.1, 0.15) is 0 Å². The zero-order valence-electron chi connectivity index (χ0n) is 13.5. The smallest absolute Gasteiger partial charge is 0.311 e. The molecular formula is C17H26O3Si. The van der Waals surface area contributed by atoms with Gasteiger partial charge in [0.15, 0.2) is 0 Å². The molecule has 3 nitrogen and oxygen atoms in total. The number of rotatable bonds is 4. The number of hydrogen-bond donors (Lipinski definition) is 0. The van der Waals surface area contributed by atoms with Gasteiger partial charge in [0.05, 0.1) is 27.2 Å². The fraction of sp³-hybridized carbons (Fsp3) is 0.588. The maximum Gasteiger partial charge on any atom is 0.311 e. The van der Waals surface area contributed by atoms with Crippen molar-refractivity contribution in [3.63, 3.8) is 0 Å². The van der Waals surface area contributed by atoms with Crippen LogP contribution in [0.15, 0.2) is 24.3 Å². The summed E-state index contributed by atoms with van der Waals surface area (Å²) in [6.45, 7) is 10.5. The van der Waals surface area contributed by atoms with Crippen LogP contribution in [0.1, 0.15) is 24.8 Å². The Morgan fingerprint density at radius 2 is 1.95 bits per heavy atom. The topological polar surface area (TPSA) is 35.5 Å². The van der Waals surface area contributed by atoms with Crippen LogP contribution < -0.4 is 5.19 Å². The average molecular weight is 306 g/mol. The van der Waals surface area contributed by atoms with Gasteiger partial charge in [-0.2, -0.15) is 0 Å². The number of carbonyl (C=O) groups is 1.